The molecule has 0 aliphatic heterocycles. The summed E-state index contributed by atoms with van der Waals surface area (Å²) in [5.74, 6) is -0.611. The first kappa shape index (κ1) is 34.2. The van der Waals surface area contributed by atoms with Gasteiger partial charge < -0.3 is 20.3 Å². The molecule has 2 N–H and O–H groups in total. The van der Waals surface area contributed by atoms with Gasteiger partial charge in [-0.1, -0.05) is 74.6 Å². The highest BCUT2D eigenvalue weighted by Crippen LogP contribution is 2.30. The number of amides is 3. The largest absolute Gasteiger partial charge is 0.444 e. The summed E-state index contributed by atoms with van der Waals surface area (Å²) < 4.78 is 5.42. The maximum atomic E-state index is 14.2. The second-order valence-corrected chi connectivity index (χ2v) is 12.2. The van der Waals surface area contributed by atoms with E-state index in [1.807, 2.05) is 64.1 Å². The molecule has 0 bridgehead atoms. The van der Waals surface area contributed by atoms with E-state index in [-0.39, 0.29) is 17.6 Å². The van der Waals surface area contributed by atoms with E-state index < -0.39 is 23.8 Å². The molecular weight excluding hydrogens is 534 g/mol. The Balaban J connectivity index is 2.57. The van der Waals surface area contributed by atoms with Crippen LogP contribution >= 0.6 is 12.6 Å². The molecule has 3 amide bonds. The summed E-state index contributed by atoms with van der Waals surface area (Å²) in [6, 6.07) is 9.92. The van der Waals surface area contributed by atoms with Crippen LogP contribution in [0.25, 0.3) is 0 Å². The molecule has 0 heterocycles. The molecule has 0 aliphatic carbocycles. The van der Waals surface area contributed by atoms with Crippen molar-refractivity contribution in [1.82, 2.24) is 10.2 Å². The van der Waals surface area contributed by atoms with Crippen molar-refractivity contribution in [2.24, 2.45) is 0 Å². The van der Waals surface area contributed by atoms with Crippen molar-refractivity contribution in [2.45, 2.75) is 105 Å². The van der Waals surface area contributed by atoms with Crippen LogP contribution in [0, 0.1) is 27.7 Å². The molecule has 2 unspecified atom stereocenters. The number of hydrogen-bond donors (Lipinski definition) is 3. The summed E-state index contributed by atoms with van der Waals surface area (Å²) in [6.45, 7) is 15.6. The van der Waals surface area contributed by atoms with E-state index >= 15 is 0 Å². The van der Waals surface area contributed by atoms with Gasteiger partial charge in [0.2, 0.25) is 5.91 Å². The first-order chi connectivity index (χ1) is 19.3. The Morgan fingerprint density at radius 1 is 0.927 bits per heavy atom. The zero-order valence-corrected chi connectivity index (χ0v) is 27.0. The van der Waals surface area contributed by atoms with Crippen LogP contribution in [0.15, 0.2) is 36.4 Å². The number of carbonyl (C=O) groups excluding carboxylic acids is 3. The van der Waals surface area contributed by atoms with Gasteiger partial charge in [0.1, 0.15) is 17.7 Å². The maximum absolute atomic E-state index is 14.2. The van der Waals surface area contributed by atoms with Crippen molar-refractivity contribution < 1.29 is 19.1 Å². The van der Waals surface area contributed by atoms with E-state index in [9.17, 15) is 14.4 Å². The zero-order chi connectivity index (χ0) is 30.7. The standard InChI is InChI=1S/C33H49N3O4S/c1-9-10-11-12-13-19-36(31(38)27(21-41)34-32(39)40-33(6,7)8)29(26-20-22(2)17-18-23(26)3)30(37)35-28-24(4)15-14-16-25(28)5/h14-18,20,27,29,41H,9-13,19,21H2,1-8H3,(H,34,39)(H,35,37). The van der Waals surface area contributed by atoms with Crippen LogP contribution in [-0.4, -0.2) is 46.7 Å². The minimum absolute atomic E-state index is 0.0580. The van der Waals surface area contributed by atoms with E-state index in [2.05, 4.69) is 30.2 Å². The van der Waals surface area contributed by atoms with E-state index in [1.165, 1.54) is 0 Å². The smallest absolute Gasteiger partial charge is 0.408 e. The third-order valence-corrected chi connectivity index (χ3v) is 7.34. The number of thiol groups is 1. The number of nitrogens with zero attached hydrogens (tertiary/aromatic N) is 1. The molecular formula is C33H49N3O4S. The van der Waals surface area contributed by atoms with Crippen LogP contribution in [-0.2, 0) is 14.3 Å². The molecule has 2 rings (SSSR count). The Kier molecular flexibility index (Phi) is 13.2. The van der Waals surface area contributed by atoms with E-state index in [1.54, 1.807) is 25.7 Å². The molecule has 2 aromatic carbocycles. The fourth-order valence-electron chi connectivity index (χ4n) is 4.80. The van der Waals surface area contributed by atoms with E-state index in [0.717, 1.165) is 65.6 Å². The highest BCUT2D eigenvalue weighted by molar-refractivity contribution is 7.80. The van der Waals surface area contributed by atoms with Gasteiger partial charge in [-0.3, -0.25) is 9.59 Å². The molecule has 2 atom stereocenters. The number of nitrogens with one attached hydrogen (secondary N) is 2. The van der Waals surface area contributed by atoms with Crippen LogP contribution in [0.1, 0.15) is 93.7 Å². The molecule has 8 heteroatoms. The summed E-state index contributed by atoms with van der Waals surface area (Å²) in [4.78, 5) is 42.7. The van der Waals surface area contributed by atoms with Crippen molar-refractivity contribution >= 4 is 36.2 Å². The number of benzene rings is 2. The number of para-hydroxylation sites is 1. The average Bonchev–Trinajstić information content (AvgIpc) is 2.89. The van der Waals surface area contributed by atoms with Gasteiger partial charge in [0.15, 0.2) is 0 Å². The molecule has 0 spiro atoms. The molecule has 41 heavy (non-hydrogen) atoms. The third-order valence-electron chi connectivity index (χ3n) is 6.98. The highest BCUT2D eigenvalue weighted by Gasteiger charge is 2.36. The number of unbranched alkanes of at least 4 members (excludes halogenated alkanes) is 4. The van der Waals surface area contributed by atoms with E-state index in [0.29, 0.717) is 6.54 Å². The summed E-state index contributed by atoms with van der Waals surface area (Å²) >= 11 is 4.41. The van der Waals surface area contributed by atoms with Gasteiger partial charge in [-0.15, -0.1) is 0 Å². The second kappa shape index (κ2) is 15.9. The summed E-state index contributed by atoms with van der Waals surface area (Å²) in [7, 11) is 0. The monoisotopic (exact) mass is 583 g/mol. The molecule has 2 aromatic rings. The predicted molar refractivity (Wildman–Crippen MR) is 171 cm³/mol. The van der Waals surface area contributed by atoms with Gasteiger partial charge >= 0.3 is 6.09 Å². The summed E-state index contributed by atoms with van der Waals surface area (Å²) in [5, 5.41) is 5.83. The molecule has 0 aliphatic rings. The minimum atomic E-state index is -0.968. The average molecular weight is 584 g/mol. The number of alkyl carbamates (subject to hydrolysis) is 1. The lowest BCUT2D eigenvalue weighted by molar-refractivity contribution is -0.140. The van der Waals surface area contributed by atoms with Gasteiger partial charge in [-0.2, -0.15) is 12.6 Å². The quantitative estimate of drug-likeness (QED) is 0.172. The Bertz CT molecular complexity index is 1170. The van der Waals surface area contributed by atoms with Crippen LogP contribution in [0.3, 0.4) is 0 Å². The summed E-state index contributed by atoms with van der Waals surface area (Å²) in [6.07, 6.45) is 4.23. The Labute approximate surface area is 252 Å². The molecule has 0 saturated heterocycles. The Hall–Kier alpha value is -3.00. The second-order valence-electron chi connectivity index (χ2n) is 11.8. The third kappa shape index (κ3) is 10.4. The number of aryl methyl sites for hydroxylation is 4. The lowest BCUT2D eigenvalue weighted by Gasteiger charge is -2.35. The van der Waals surface area contributed by atoms with Gasteiger partial charge in [0.25, 0.3) is 5.91 Å². The molecule has 0 aromatic heterocycles. The van der Waals surface area contributed by atoms with Crippen molar-refractivity contribution in [3.8, 4) is 0 Å². The van der Waals surface area contributed by atoms with Gasteiger partial charge in [0, 0.05) is 18.0 Å². The molecule has 0 radical (unpaired) electrons. The van der Waals surface area contributed by atoms with Crippen molar-refractivity contribution in [3.05, 3.63) is 64.2 Å². The lowest BCUT2D eigenvalue weighted by atomic mass is 9.95. The number of carbonyl (C=O) groups is 3. The predicted octanol–water partition coefficient (Wildman–Crippen LogP) is 7.22. The van der Waals surface area contributed by atoms with Gasteiger partial charge in [-0.05, 0) is 77.1 Å². The van der Waals surface area contributed by atoms with Crippen LogP contribution in [0.4, 0.5) is 10.5 Å². The first-order valence-electron chi connectivity index (χ1n) is 14.6. The maximum Gasteiger partial charge on any atom is 0.408 e. The number of ether oxygens (including phenoxy) is 1. The lowest BCUT2D eigenvalue weighted by Crippen LogP contribution is -2.53. The van der Waals surface area contributed by atoms with Gasteiger partial charge in [0.05, 0.1) is 0 Å². The normalized spacial score (nSPS) is 12.8. The highest BCUT2D eigenvalue weighted by atomic mass is 32.1. The van der Waals surface area contributed by atoms with Crippen LogP contribution < -0.4 is 10.6 Å². The van der Waals surface area contributed by atoms with Crippen molar-refractivity contribution in [3.63, 3.8) is 0 Å². The zero-order valence-electron chi connectivity index (χ0n) is 26.1. The Morgan fingerprint density at radius 3 is 2.15 bits per heavy atom. The SMILES string of the molecule is CCCCCCCN(C(=O)C(CS)NC(=O)OC(C)(C)C)C(C(=O)Nc1c(C)cccc1C)c1cc(C)ccc1C. The molecule has 226 valence electrons. The first-order valence-corrected chi connectivity index (χ1v) is 15.3. The molecule has 0 saturated carbocycles. The fraction of sp³-hybridized carbons (Fsp3) is 0.545. The van der Waals surface area contributed by atoms with Crippen LogP contribution in [0.5, 0.6) is 0 Å². The fourth-order valence-corrected chi connectivity index (χ4v) is 5.04. The summed E-state index contributed by atoms with van der Waals surface area (Å²) in [5.41, 5.74) is 4.55. The number of anilines is 1. The molecule has 7 nitrogen and oxygen atoms in total. The number of rotatable bonds is 13. The Morgan fingerprint density at radius 2 is 1.56 bits per heavy atom. The van der Waals surface area contributed by atoms with Crippen molar-refractivity contribution in [1.29, 1.82) is 0 Å². The minimum Gasteiger partial charge on any atom is -0.444 e. The molecule has 0 fully saturated rings. The van der Waals surface area contributed by atoms with E-state index in [4.69, 9.17) is 4.74 Å². The van der Waals surface area contributed by atoms with Crippen molar-refractivity contribution in [2.75, 3.05) is 17.6 Å². The van der Waals surface area contributed by atoms with Crippen LogP contribution in [0.2, 0.25) is 0 Å². The topological polar surface area (TPSA) is 87.7 Å². The van der Waals surface area contributed by atoms with Gasteiger partial charge in [-0.25, -0.2) is 4.79 Å². The number of hydrogen-bond acceptors (Lipinski definition) is 5.